The first-order valence-electron chi connectivity index (χ1n) is 5.32. The molecule has 0 aliphatic carbocycles. The normalized spacial score (nSPS) is 11.2. The van der Waals surface area contributed by atoms with E-state index in [2.05, 4.69) is 10.1 Å². The lowest BCUT2D eigenvalue weighted by Gasteiger charge is -2.09. The molecule has 0 bridgehead atoms. The fourth-order valence-electron chi connectivity index (χ4n) is 1.56. The summed E-state index contributed by atoms with van der Waals surface area (Å²) in [5.41, 5.74) is 0.558. The maximum Gasteiger partial charge on any atom is 0.419 e. The van der Waals surface area contributed by atoms with Crippen LogP contribution in [0.4, 0.5) is 5.69 Å². The Morgan fingerprint density at radius 3 is 2.32 bits per heavy atom. The molecule has 2 rings (SSSR count). The number of aryl methyl sites for hydroxylation is 2. The minimum Gasteiger partial charge on any atom is -0.852 e. The standard InChI is InChI=1S/C11H10N4O3S/c1-7-3-5-9(6-4-7)19(17,18)15-11(16)10(13-12)8(2)14-15/h3-6H,1-2H3. The Labute approximate surface area is 109 Å². The quantitative estimate of drug-likeness (QED) is 0.770. The molecule has 0 saturated heterocycles. The maximum absolute atomic E-state index is 12.2. The van der Waals surface area contributed by atoms with Crippen LogP contribution in [0.3, 0.4) is 0 Å². The van der Waals surface area contributed by atoms with E-state index in [1.165, 1.54) is 19.1 Å². The summed E-state index contributed by atoms with van der Waals surface area (Å²) >= 11 is 0. The largest absolute Gasteiger partial charge is 0.852 e. The molecule has 0 fully saturated rings. The first-order chi connectivity index (χ1) is 8.87. The lowest BCUT2D eigenvalue weighted by Crippen LogP contribution is -2.17. The molecule has 19 heavy (non-hydrogen) atoms. The Hall–Kier alpha value is -2.40. The van der Waals surface area contributed by atoms with Crippen LogP contribution >= 0.6 is 0 Å². The van der Waals surface area contributed by atoms with E-state index in [1.807, 2.05) is 6.92 Å². The number of hydrogen-bond donors (Lipinski definition) is 0. The molecule has 0 spiro atoms. The molecular weight excluding hydrogens is 268 g/mol. The van der Waals surface area contributed by atoms with Crippen LogP contribution in [-0.4, -0.2) is 17.6 Å². The smallest absolute Gasteiger partial charge is 0.419 e. The number of rotatable bonds is 2. The number of benzene rings is 1. The van der Waals surface area contributed by atoms with Gasteiger partial charge in [-0.2, -0.15) is 17.6 Å². The summed E-state index contributed by atoms with van der Waals surface area (Å²) in [6, 6.07) is 6.00. The van der Waals surface area contributed by atoms with Crippen molar-refractivity contribution in [2.24, 2.45) is 0 Å². The van der Waals surface area contributed by atoms with Crippen molar-refractivity contribution in [3.8, 4) is 5.88 Å². The van der Waals surface area contributed by atoms with Crippen molar-refractivity contribution < 1.29 is 13.5 Å². The SMILES string of the molecule is Cc1ccc(S(=O)(=O)n2nc(C)c([N+]#N)c2[O-])cc1. The van der Waals surface area contributed by atoms with Gasteiger partial charge >= 0.3 is 5.69 Å². The number of hydrogen-bond acceptors (Lipinski definition) is 5. The molecule has 8 heteroatoms. The van der Waals surface area contributed by atoms with E-state index in [0.29, 0.717) is 4.09 Å². The van der Waals surface area contributed by atoms with E-state index in [0.717, 1.165) is 5.56 Å². The van der Waals surface area contributed by atoms with E-state index in [-0.39, 0.29) is 16.3 Å². The van der Waals surface area contributed by atoms with Gasteiger partial charge in [0.15, 0.2) is 10.7 Å². The first kappa shape index (κ1) is 13.0. The van der Waals surface area contributed by atoms with Crippen LogP contribution in [0.15, 0.2) is 29.2 Å². The van der Waals surface area contributed by atoms with Crippen LogP contribution in [0.5, 0.6) is 5.88 Å². The zero-order valence-corrected chi connectivity index (χ0v) is 11.0. The molecule has 98 valence electrons. The molecule has 1 aromatic heterocycles. The molecule has 0 radical (unpaired) electrons. The fourth-order valence-corrected chi connectivity index (χ4v) is 2.78. The predicted molar refractivity (Wildman–Crippen MR) is 64.9 cm³/mol. The van der Waals surface area contributed by atoms with Crippen LogP contribution in [0.25, 0.3) is 4.98 Å². The predicted octanol–water partition coefficient (Wildman–Crippen LogP) is 1.30. The van der Waals surface area contributed by atoms with Gasteiger partial charge in [-0.1, -0.05) is 17.7 Å². The molecule has 0 aliphatic heterocycles. The van der Waals surface area contributed by atoms with Crippen LogP contribution in [0.2, 0.25) is 0 Å². The summed E-state index contributed by atoms with van der Waals surface area (Å²) in [6.45, 7) is 3.20. The Balaban J connectivity index is 2.64. The third-order valence-electron chi connectivity index (χ3n) is 2.61. The van der Waals surface area contributed by atoms with Crippen molar-refractivity contribution in [3.63, 3.8) is 0 Å². The van der Waals surface area contributed by atoms with E-state index in [1.54, 1.807) is 12.1 Å². The van der Waals surface area contributed by atoms with Crippen molar-refractivity contribution >= 4 is 15.7 Å². The third kappa shape index (κ3) is 2.04. The van der Waals surface area contributed by atoms with Crippen molar-refractivity contribution in [2.45, 2.75) is 18.7 Å². The number of nitrogens with zero attached hydrogens (tertiary/aromatic N) is 4. The van der Waals surface area contributed by atoms with Crippen LogP contribution < -0.4 is 5.11 Å². The first-order valence-corrected chi connectivity index (χ1v) is 6.76. The minimum atomic E-state index is -4.08. The van der Waals surface area contributed by atoms with E-state index >= 15 is 0 Å². The van der Waals surface area contributed by atoms with Crippen molar-refractivity contribution in [1.82, 2.24) is 9.19 Å². The minimum absolute atomic E-state index is 0.0446. The summed E-state index contributed by atoms with van der Waals surface area (Å²) in [6.07, 6.45) is 0. The summed E-state index contributed by atoms with van der Waals surface area (Å²) in [7, 11) is -4.08. The molecule has 0 amide bonds. The second-order valence-electron chi connectivity index (χ2n) is 4.00. The Kier molecular flexibility index (Phi) is 3.00. The number of aromatic nitrogens is 2. The highest BCUT2D eigenvalue weighted by atomic mass is 32.2. The van der Waals surface area contributed by atoms with E-state index in [9.17, 15) is 13.5 Å². The molecule has 2 aromatic rings. The molecule has 0 unspecified atom stereocenters. The van der Waals surface area contributed by atoms with Crippen LogP contribution in [-0.2, 0) is 10.0 Å². The number of diazo groups is 1. The zero-order valence-electron chi connectivity index (χ0n) is 10.2. The Morgan fingerprint density at radius 2 is 1.84 bits per heavy atom. The van der Waals surface area contributed by atoms with E-state index in [4.69, 9.17) is 5.39 Å². The summed E-state index contributed by atoms with van der Waals surface area (Å²) in [5.74, 6) is -0.972. The van der Waals surface area contributed by atoms with Crippen molar-refractivity contribution in [1.29, 1.82) is 5.39 Å². The molecule has 0 saturated carbocycles. The fraction of sp³-hybridized carbons (Fsp3) is 0.182. The molecule has 7 nitrogen and oxygen atoms in total. The average molecular weight is 278 g/mol. The molecular formula is C11H10N4O3S. The van der Waals surface area contributed by atoms with Crippen molar-refractivity contribution in [2.75, 3.05) is 0 Å². The molecule has 1 heterocycles. The molecule has 0 atom stereocenters. The van der Waals surface area contributed by atoms with Gasteiger partial charge in [-0.15, -0.1) is 0 Å². The van der Waals surface area contributed by atoms with Gasteiger partial charge < -0.3 is 5.11 Å². The van der Waals surface area contributed by atoms with Gasteiger partial charge in [0.25, 0.3) is 10.0 Å². The summed E-state index contributed by atoms with van der Waals surface area (Å²) < 4.78 is 24.8. The molecule has 1 aromatic carbocycles. The average Bonchev–Trinajstić information content (AvgIpc) is 2.65. The topological polar surface area (TPSA) is 103 Å². The second kappa shape index (κ2) is 4.37. The maximum atomic E-state index is 12.2. The summed E-state index contributed by atoms with van der Waals surface area (Å²) in [4.78, 5) is 2.70. The van der Waals surface area contributed by atoms with Crippen molar-refractivity contribution in [3.05, 3.63) is 40.5 Å². The Morgan fingerprint density at radius 1 is 1.26 bits per heavy atom. The lowest BCUT2D eigenvalue weighted by molar-refractivity contribution is -0.275. The van der Waals surface area contributed by atoms with Gasteiger partial charge in [-0.25, -0.2) is 0 Å². The zero-order chi connectivity index (χ0) is 14.2. The van der Waals surface area contributed by atoms with Gasteiger partial charge in [-0.05, 0) is 26.0 Å². The summed E-state index contributed by atoms with van der Waals surface area (Å²) in [5, 5.41) is 24.1. The monoisotopic (exact) mass is 278 g/mol. The Bertz CT molecular complexity index is 770. The second-order valence-corrected chi connectivity index (χ2v) is 5.77. The van der Waals surface area contributed by atoms with Crippen LogP contribution in [0, 0.1) is 19.2 Å². The highest BCUT2D eigenvalue weighted by Gasteiger charge is 2.27. The van der Waals surface area contributed by atoms with Gasteiger partial charge in [0, 0.05) is 0 Å². The molecule has 0 aliphatic rings. The lowest BCUT2D eigenvalue weighted by atomic mass is 10.2. The highest BCUT2D eigenvalue weighted by molar-refractivity contribution is 7.90. The van der Waals surface area contributed by atoms with Gasteiger partial charge in [0.2, 0.25) is 5.39 Å². The van der Waals surface area contributed by atoms with E-state index < -0.39 is 15.9 Å². The van der Waals surface area contributed by atoms with Gasteiger partial charge in [-0.3, -0.25) is 0 Å². The van der Waals surface area contributed by atoms with Gasteiger partial charge in [0.05, 0.1) is 4.90 Å². The highest BCUT2D eigenvalue weighted by Crippen LogP contribution is 2.30. The van der Waals surface area contributed by atoms with Crippen LogP contribution in [0.1, 0.15) is 11.3 Å². The third-order valence-corrected chi connectivity index (χ3v) is 4.18. The van der Waals surface area contributed by atoms with Gasteiger partial charge in [0.1, 0.15) is 5.88 Å². The molecule has 0 N–H and O–H groups in total.